The summed E-state index contributed by atoms with van der Waals surface area (Å²) in [6, 6.07) is 17.5. The Morgan fingerprint density at radius 2 is 1.93 bits per heavy atom. The maximum Gasteiger partial charge on any atom is 0.230 e. The van der Waals surface area contributed by atoms with Crippen molar-refractivity contribution in [2.45, 2.75) is 31.1 Å². The van der Waals surface area contributed by atoms with Crippen molar-refractivity contribution in [2.75, 3.05) is 24.1 Å². The lowest BCUT2D eigenvalue weighted by atomic mass is 9.87. The van der Waals surface area contributed by atoms with Crippen LogP contribution in [0.15, 0.2) is 54.6 Å². The SMILES string of the molecule is Nc1cc2ccccc2nc1[C@@H]1CCCN(C(=O)[C@H]2CC(=O)Nc3ccccc32)C1. The van der Waals surface area contributed by atoms with Gasteiger partial charge in [0.1, 0.15) is 0 Å². The molecule has 0 saturated carbocycles. The van der Waals surface area contributed by atoms with Gasteiger partial charge in [-0.1, -0.05) is 36.4 Å². The predicted molar refractivity (Wildman–Crippen MR) is 117 cm³/mol. The first kappa shape index (κ1) is 18.6. The third kappa shape index (κ3) is 3.28. The monoisotopic (exact) mass is 400 g/mol. The lowest BCUT2D eigenvalue weighted by Gasteiger charge is -2.36. The highest BCUT2D eigenvalue weighted by Gasteiger charge is 2.36. The van der Waals surface area contributed by atoms with E-state index in [1.807, 2.05) is 59.5 Å². The number of carbonyl (C=O) groups is 2. The molecule has 0 aliphatic carbocycles. The average Bonchev–Trinajstić information content (AvgIpc) is 2.77. The van der Waals surface area contributed by atoms with Crippen molar-refractivity contribution in [3.63, 3.8) is 0 Å². The van der Waals surface area contributed by atoms with E-state index >= 15 is 0 Å². The van der Waals surface area contributed by atoms with Crippen molar-refractivity contribution in [1.82, 2.24) is 9.88 Å². The number of nitrogens with zero attached hydrogens (tertiary/aromatic N) is 2. The number of likely N-dealkylation sites (tertiary alicyclic amines) is 1. The zero-order valence-electron chi connectivity index (χ0n) is 16.7. The molecular formula is C24H24N4O2. The molecule has 0 radical (unpaired) electrons. The van der Waals surface area contributed by atoms with Crippen LogP contribution in [0.25, 0.3) is 10.9 Å². The van der Waals surface area contributed by atoms with E-state index in [2.05, 4.69) is 5.32 Å². The Labute approximate surface area is 175 Å². The molecule has 2 aliphatic heterocycles. The molecule has 2 atom stereocenters. The number of hydrogen-bond acceptors (Lipinski definition) is 4. The molecule has 1 saturated heterocycles. The number of carbonyl (C=O) groups excluding carboxylic acids is 2. The Morgan fingerprint density at radius 3 is 2.83 bits per heavy atom. The summed E-state index contributed by atoms with van der Waals surface area (Å²) in [5, 5.41) is 3.89. The topological polar surface area (TPSA) is 88.3 Å². The first-order valence-corrected chi connectivity index (χ1v) is 10.4. The van der Waals surface area contributed by atoms with Crippen molar-refractivity contribution in [3.8, 4) is 0 Å². The van der Waals surface area contributed by atoms with Gasteiger partial charge in [-0.3, -0.25) is 14.6 Å². The third-order valence-electron chi connectivity index (χ3n) is 6.20. The van der Waals surface area contributed by atoms with Gasteiger partial charge in [0, 0.05) is 36.5 Å². The number of anilines is 2. The van der Waals surface area contributed by atoms with E-state index in [4.69, 9.17) is 10.7 Å². The summed E-state index contributed by atoms with van der Waals surface area (Å²) in [4.78, 5) is 32.3. The fourth-order valence-electron chi connectivity index (χ4n) is 4.73. The van der Waals surface area contributed by atoms with Crippen LogP contribution in [0.4, 0.5) is 11.4 Å². The largest absolute Gasteiger partial charge is 0.397 e. The number of aromatic nitrogens is 1. The highest BCUT2D eigenvalue weighted by molar-refractivity contribution is 6.01. The predicted octanol–water partition coefficient (Wildman–Crippen LogP) is 3.65. The molecule has 2 aliphatic rings. The molecule has 0 unspecified atom stereocenters. The van der Waals surface area contributed by atoms with Crippen LogP contribution in [-0.2, 0) is 9.59 Å². The Bertz CT molecular complexity index is 1140. The number of para-hydroxylation sites is 2. The summed E-state index contributed by atoms with van der Waals surface area (Å²) < 4.78 is 0. The van der Waals surface area contributed by atoms with Crippen LogP contribution < -0.4 is 11.1 Å². The molecule has 1 aromatic heterocycles. The highest BCUT2D eigenvalue weighted by Crippen LogP contribution is 2.36. The average molecular weight is 400 g/mol. The summed E-state index contributed by atoms with van der Waals surface area (Å²) in [5.41, 5.74) is 10.4. The zero-order chi connectivity index (χ0) is 20.7. The lowest BCUT2D eigenvalue weighted by molar-refractivity contribution is -0.136. The van der Waals surface area contributed by atoms with E-state index < -0.39 is 5.92 Å². The van der Waals surface area contributed by atoms with Crippen LogP contribution in [0.3, 0.4) is 0 Å². The van der Waals surface area contributed by atoms with Crippen LogP contribution in [0.2, 0.25) is 0 Å². The molecule has 2 aromatic carbocycles. The summed E-state index contributed by atoms with van der Waals surface area (Å²) >= 11 is 0. The van der Waals surface area contributed by atoms with Gasteiger partial charge in [0.25, 0.3) is 0 Å². The Kier molecular flexibility index (Phi) is 4.62. The van der Waals surface area contributed by atoms with Gasteiger partial charge in [-0.2, -0.15) is 0 Å². The summed E-state index contributed by atoms with van der Waals surface area (Å²) in [7, 11) is 0. The molecule has 0 bridgehead atoms. The van der Waals surface area contributed by atoms with E-state index in [1.54, 1.807) is 0 Å². The third-order valence-corrected chi connectivity index (χ3v) is 6.20. The van der Waals surface area contributed by atoms with Gasteiger partial charge >= 0.3 is 0 Å². The van der Waals surface area contributed by atoms with Crippen LogP contribution in [0.5, 0.6) is 0 Å². The number of pyridine rings is 1. The number of hydrogen-bond donors (Lipinski definition) is 2. The second-order valence-corrected chi connectivity index (χ2v) is 8.17. The molecule has 1 fully saturated rings. The smallest absolute Gasteiger partial charge is 0.230 e. The number of amides is 2. The van der Waals surface area contributed by atoms with Crippen molar-refractivity contribution in [2.24, 2.45) is 0 Å². The molecule has 30 heavy (non-hydrogen) atoms. The van der Waals surface area contributed by atoms with Gasteiger partial charge in [-0.05, 0) is 36.6 Å². The number of nitrogens with two attached hydrogens (primary N) is 1. The maximum absolute atomic E-state index is 13.4. The molecule has 2 amide bonds. The summed E-state index contributed by atoms with van der Waals surface area (Å²) in [6.45, 7) is 1.28. The molecule has 6 heteroatoms. The standard InChI is InChI=1S/C24H24N4O2/c25-19-12-15-6-1-3-9-20(15)27-23(19)16-7-5-11-28(14-16)24(30)18-13-22(29)26-21-10-4-2-8-17(18)21/h1-4,6,8-10,12,16,18H,5,7,11,13-14,25H2,(H,26,29)/t16-,18+/m1/s1. The zero-order valence-corrected chi connectivity index (χ0v) is 16.7. The van der Waals surface area contributed by atoms with Gasteiger partial charge < -0.3 is 16.0 Å². The first-order chi connectivity index (χ1) is 14.6. The highest BCUT2D eigenvalue weighted by atomic mass is 16.2. The van der Waals surface area contributed by atoms with Crippen LogP contribution in [0.1, 0.15) is 42.4 Å². The fraction of sp³-hybridized carbons (Fsp3) is 0.292. The van der Waals surface area contributed by atoms with Crippen LogP contribution in [0, 0.1) is 0 Å². The molecule has 3 aromatic rings. The normalized spacial score (nSPS) is 21.2. The summed E-state index contributed by atoms with van der Waals surface area (Å²) in [6.07, 6.45) is 2.03. The minimum atomic E-state index is -0.435. The van der Waals surface area contributed by atoms with Gasteiger partial charge in [0.05, 0.1) is 22.8 Å². The Hall–Kier alpha value is -3.41. The van der Waals surface area contributed by atoms with Gasteiger partial charge in [0.15, 0.2) is 0 Å². The molecule has 0 spiro atoms. The molecule has 6 nitrogen and oxygen atoms in total. The number of benzene rings is 2. The number of piperidine rings is 1. The van der Waals surface area contributed by atoms with Crippen LogP contribution in [-0.4, -0.2) is 34.8 Å². The van der Waals surface area contributed by atoms with E-state index in [-0.39, 0.29) is 24.2 Å². The van der Waals surface area contributed by atoms with Crippen molar-refractivity contribution < 1.29 is 9.59 Å². The fourth-order valence-corrected chi connectivity index (χ4v) is 4.73. The quantitative estimate of drug-likeness (QED) is 0.687. The molecule has 152 valence electrons. The molecule has 3 heterocycles. The van der Waals surface area contributed by atoms with Crippen LogP contribution >= 0.6 is 0 Å². The minimum Gasteiger partial charge on any atom is -0.397 e. The van der Waals surface area contributed by atoms with E-state index in [0.29, 0.717) is 18.8 Å². The molecular weight excluding hydrogens is 376 g/mol. The number of fused-ring (bicyclic) bond motifs is 2. The second-order valence-electron chi connectivity index (χ2n) is 8.17. The molecule has 3 N–H and O–H groups in total. The van der Waals surface area contributed by atoms with E-state index in [9.17, 15) is 9.59 Å². The number of nitrogen functional groups attached to an aromatic ring is 1. The van der Waals surface area contributed by atoms with Gasteiger partial charge in [0.2, 0.25) is 11.8 Å². The van der Waals surface area contributed by atoms with Gasteiger partial charge in [-0.25, -0.2) is 0 Å². The number of nitrogens with one attached hydrogen (secondary N) is 1. The molecule has 5 rings (SSSR count). The minimum absolute atomic E-state index is 0.0151. The van der Waals surface area contributed by atoms with E-state index in [1.165, 1.54) is 0 Å². The lowest BCUT2D eigenvalue weighted by Crippen LogP contribution is -2.43. The summed E-state index contributed by atoms with van der Waals surface area (Å²) in [5.74, 6) is -0.432. The first-order valence-electron chi connectivity index (χ1n) is 10.4. The van der Waals surface area contributed by atoms with E-state index in [0.717, 1.165) is 40.7 Å². The van der Waals surface area contributed by atoms with Crippen molar-refractivity contribution >= 4 is 34.1 Å². The second kappa shape index (κ2) is 7.44. The van der Waals surface area contributed by atoms with Crippen molar-refractivity contribution in [1.29, 1.82) is 0 Å². The van der Waals surface area contributed by atoms with Crippen molar-refractivity contribution in [3.05, 3.63) is 65.9 Å². The van der Waals surface area contributed by atoms with Gasteiger partial charge in [-0.15, -0.1) is 0 Å². The maximum atomic E-state index is 13.4. The Morgan fingerprint density at radius 1 is 1.13 bits per heavy atom. The Balaban J connectivity index is 1.42. The number of rotatable bonds is 2.